The minimum absolute atomic E-state index is 0.0693. The number of methoxy groups -OCH3 is 1. The van der Waals surface area contributed by atoms with Crippen LogP contribution in [-0.2, 0) is 11.3 Å². The van der Waals surface area contributed by atoms with E-state index in [0.29, 0.717) is 12.2 Å². The van der Waals surface area contributed by atoms with E-state index < -0.39 is 5.82 Å². The molecule has 0 aromatic carbocycles. The lowest BCUT2D eigenvalue weighted by molar-refractivity contribution is 0.184. The molecule has 0 amide bonds. The lowest BCUT2D eigenvalue weighted by Gasteiger charge is -2.02. The van der Waals surface area contributed by atoms with Gasteiger partial charge in [-0.2, -0.15) is 4.68 Å². The summed E-state index contributed by atoms with van der Waals surface area (Å²) in [4.78, 5) is 3.90. The van der Waals surface area contributed by atoms with E-state index >= 15 is 0 Å². The molecule has 6 nitrogen and oxygen atoms in total. The summed E-state index contributed by atoms with van der Waals surface area (Å²) in [6.45, 7) is 0.319. The average Bonchev–Trinajstić information content (AvgIpc) is 2.71. The minimum Gasteiger partial charge on any atom is -0.380 e. The Kier molecular flexibility index (Phi) is 2.64. The van der Waals surface area contributed by atoms with Gasteiger partial charge in [0.1, 0.15) is 6.33 Å². The molecule has 0 aliphatic heterocycles. The first-order valence-electron chi connectivity index (χ1n) is 4.18. The van der Waals surface area contributed by atoms with Crippen molar-refractivity contribution in [3.63, 3.8) is 0 Å². The number of tetrazole rings is 1. The first-order valence-corrected chi connectivity index (χ1v) is 4.18. The average molecular weight is 209 g/mol. The Hall–Kier alpha value is -1.89. The number of ether oxygens (including phenoxy) is 1. The Morgan fingerprint density at radius 3 is 3.00 bits per heavy atom. The lowest BCUT2D eigenvalue weighted by Crippen LogP contribution is -2.03. The Labute approximate surface area is 84.7 Å². The Morgan fingerprint density at radius 2 is 2.40 bits per heavy atom. The number of hydrogen-bond donors (Lipinski definition) is 0. The van der Waals surface area contributed by atoms with Crippen molar-refractivity contribution in [3.8, 4) is 5.82 Å². The van der Waals surface area contributed by atoms with Crippen LogP contribution in [0.5, 0.6) is 0 Å². The fourth-order valence-corrected chi connectivity index (χ4v) is 1.14. The third kappa shape index (κ3) is 1.96. The number of halogens is 1. The van der Waals surface area contributed by atoms with Gasteiger partial charge in [0.25, 0.3) is 0 Å². The molecule has 78 valence electrons. The summed E-state index contributed by atoms with van der Waals surface area (Å²) in [5.41, 5.74) is 0.659. The molecule has 0 spiro atoms. The van der Waals surface area contributed by atoms with E-state index in [0.717, 1.165) is 4.68 Å². The molecule has 0 aliphatic rings. The van der Waals surface area contributed by atoms with Gasteiger partial charge in [0.15, 0.2) is 11.6 Å². The van der Waals surface area contributed by atoms with Crippen LogP contribution in [0.1, 0.15) is 5.56 Å². The Balaban J connectivity index is 2.35. The molecule has 0 unspecified atom stereocenters. The Morgan fingerprint density at radius 1 is 1.53 bits per heavy atom. The maximum atomic E-state index is 13.5. The summed E-state index contributed by atoms with van der Waals surface area (Å²) in [7, 11) is 1.53. The molecule has 0 saturated carbocycles. The van der Waals surface area contributed by atoms with Crippen molar-refractivity contribution in [2.75, 3.05) is 7.11 Å². The minimum atomic E-state index is -0.489. The van der Waals surface area contributed by atoms with Crippen LogP contribution in [0.25, 0.3) is 5.82 Å². The van der Waals surface area contributed by atoms with Gasteiger partial charge in [0, 0.05) is 13.3 Å². The number of nitrogens with zero attached hydrogens (tertiary/aromatic N) is 5. The third-order valence-electron chi connectivity index (χ3n) is 1.76. The molecule has 0 saturated heterocycles. The summed E-state index contributed by atoms with van der Waals surface area (Å²) < 4.78 is 19.5. The Bertz CT molecular complexity index is 444. The van der Waals surface area contributed by atoms with Gasteiger partial charge in [-0.3, -0.25) is 0 Å². The zero-order valence-corrected chi connectivity index (χ0v) is 7.96. The lowest BCUT2D eigenvalue weighted by atomic mass is 10.3. The van der Waals surface area contributed by atoms with Crippen LogP contribution in [0.2, 0.25) is 0 Å². The number of aromatic nitrogens is 5. The van der Waals surface area contributed by atoms with Gasteiger partial charge in [-0.25, -0.2) is 9.37 Å². The smallest absolute Gasteiger partial charge is 0.193 e. The number of rotatable bonds is 3. The molecule has 0 fully saturated rings. The van der Waals surface area contributed by atoms with E-state index in [9.17, 15) is 4.39 Å². The van der Waals surface area contributed by atoms with Crippen molar-refractivity contribution in [1.29, 1.82) is 0 Å². The quantitative estimate of drug-likeness (QED) is 0.729. The fourth-order valence-electron chi connectivity index (χ4n) is 1.14. The van der Waals surface area contributed by atoms with Crippen LogP contribution >= 0.6 is 0 Å². The van der Waals surface area contributed by atoms with Gasteiger partial charge in [-0.15, -0.1) is 5.10 Å². The van der Waals surface area contributed by atoms with Crippen LogP contribution < -0.4 is 0 Å². The van der Waals surface area contributed by atoms with E-state index in [1.807, 2.05) is 0 Å². The highest BCUT2D eigenvalue weighted by atomic mass is 19.1. The summed E-state index contributed by atoms with van der Waals surface area (Å²) in [6.07, 6.45) is 2.80. The molecule has 0 bridgehead atoms. The molecule has 2 aromatic rings. The van der Waals surface area contributed by atoms with Crippen LogP contribution in [0.4, 0.5) is 4.39 Å². The standard InChI is InChI=1S/C8H8FN5O/c1-15-4-6-2-7(9)8(10-3-6)14-5-11-12-13-14/h2-3,5H,4H2,1H3. The molecule has 0 radical (unpaired) electrons. The topological polar surface area (TPSA) is 65.7 Å². The van der Waals surface area contributed by atoms with E-state index in [4.69, 9.17) is 4.74 Å². The van der Waals surface area contributed by atoms with Crippen molar-refractivity contribution < 1.29 is 9.13 Å². The second-order valence-corrected chi connectivity index (χ2v) is 2.84. The normalized spacial score (nSPS) is 10.5. The molecule has 2 heterocycles. The van der Waals surface area contributed by atoms with E-state index in [1.54, 1.807) is 0 Å². The second kappa shape index (κ2) is 4.09. The van der Waals surface area contributed by atoms with Crippen LogP contribution in [0, 0.1) is 5.82 Å². The van der Waals surface area contributed by atoms with Gasteiger partial charge < -0.3 is 4.74 Å². The maximum Gasteiger partial charge on any atom is 0.193 e. The predicted molar refractivity (Wildman–Crippen MR) is 47.6 cm³/mol. The molecule has 15 heavy (non-hydrogen) atoms. The van der Waals surface area contributed by atoms with Crippen molar-refractivity contribution >= 4 is 0 Å². The second-order valence-electron chi connectivity index (χ2n) is 2.84. The van der Waals surface area contributed by atoms with Gasteiger partial charge in [0.2, 0.25) is 0 Å². The molecular weight excluding hydrogens is 201 g/mol. The molecular formula is C8H8FN5O. The molecule has 0 aliphatic carbocycles. The summed E-state index contributed by atoms with van der Waals surface area (Å²) in [5, 5.41) is 10.3. The molecule has 2 rings (SSSR count). The van der Waals surface area contributed by atoms with Gasteiger partial charge in [-0.05, 0) is 22.1 Å². The van der Waals surface area contributed by atoms with Gasteiger partial charge in [-0.1, -0.05) is 0 Å². The monoisotopic (exact) mass is 209 g/mol. The molecule has 7 heteroatoms. The van der Waals surface area contributed by atoms with Gasteiger partial charge in [0.05, 0.1) is 6.61 Å². The van der Waals surface area contributed by atoms with Crippen molar-refractivity contribution in [2.24, 2.45) is 0 Å². The number of hydrogen-bond acceptors (Lipinski definition) is 5. The van der Waals surface area contributed by atoms with E-state index in [-0.39, 0.29) is 5.82 Å². The highest BCUT2D eigenvalue weighted by Crippen LogP contribution is 2.10. The summed E-state index contributed by atoms with van der Waals surface area (Å²) >= 11 is 0. The van der Waals surface area contributed by atoms with E-state index in [2.05, 4.69) is 20.5 Å². The fraction of sp³-hybridized carbons (Fsp3) is 0.250. The summed E-state index contributed by atoms with van der Waals surface area (Å²) in [6, 6.07) is 1.34. The highest BCUT2D eigenvalue weighted by Gasteiger charge is 2.08. The predicted octanol–water partition coefficient (Wildman–Crippen LogP) is 0.343. The van der Waals surface area contributed by atoms with Crippen LogP contribution in [0.15, 0.2) is 18.6 Å². The third-order valence-corrected chi connectivity index (χ3v) is 1.76. The van der Waals surface area contributed by atoms with Crippen molar-refractivity contribution in [1.82, 2.24) is 25.2 Å². The molecule has 0 atom stereocenters. The first-order chi connectivity index (χ1) is 7.31. The highest BCUT2D eigenvalue weighted by molar-refractivity contribution is 5.25. The van der Waals surface area contributed by atoms with Gasteiger partial charge >= 0.3 is 0 Å². The van der Waals surface area contributed by atoms with Crippen molar-refractivity contribution in [3.05, 3.63) is 30.0 Å². The molecule has 2 aromatic heterocycles. The number of pyridine rings is 1. The zero-order chi connectivity index (χ0) is 10.7. The summed E-state index contributed by atoms with van der Waals surface area (Å²) in [5.74, 6) is -0.420. The van der Waals surface area contributed by atoms with Crippen LogP contribution in [-0.4, -0.2) is 32.3 Å². The SMILES string of the molecule is COCc1cnc(-n2cnnn2)c(F)c1. The van der Waals surface area contributed by atoms with E-state index in [1.165, 1.54) is 25.7 Å². The maximum absolute atomic E-state index is 13.5. The zero-order valence-electron chi connectivity index (χ0n) is 7.96. The largest absolute Gasteiger partial charge is 0.380 e. The van der Waals surface area contributed by atoms with Crippen molar-refractivity contribution in [2.45, 2.75) is 6.61 Å². The molecule has 0 N–H and O–H groups in total. The van der Waals surface area contributed by atoms with Crippen LogP contribution in [0.3, 0.4) is 0 Å². The first kappa shape index (κ1) is 9.66.